The molecule has 0 saturated heterocycles. The molecular weight excluding hydrogens is 201 g/mol. The molecule has 13 heavy (non-hydrogen) atoms. The van der Waals surface area contributed by atoms with Crippen LogP contribution in [0.25, 0.3) is 0 Å². The molecule has 5 heteroatoms. The lowest BCUT2D eigenvalue weighted by molar-refractivity contribution is -0.0328. The van der Waals surface area contributed by atoms with Gasteiger partial charge in [-0.15, -0.1) is 0 Å². The van der Waals surface area contributed by atoms with E-state index in [0.29, 0.717) is 19.6 Å². The van der Waals surface area contributed by atoms with E-state index in [4.69, 9.17) is 4.74 Å². The number of unbranched alkanes of at least 4 members (excludes halogenated alkanes) is 2. The molecule has 0 spiro atoms. The Morgan fingerprint density at radius 1 is 1.15 bits per heavy atom. The average molecular weight is 216 g/mol. The van der Waals surface area contributed by atoms with Crippen molar-refractivity contribution in [3.05, 3.63) is 0 Å². The van der Waals surface area contributed by atoms with Crippen LogP contribution in [0.4, 0.5) is 13.2 Å². The average Bonchev–Trinajstić information content (AvgIpc) is 2.01. The summed E-state index contributed by atoms with van der Waals surface area (Å²) in [6.07, 6.45) is 2.27. The molecule has 0 amide bonds. The molecule has 0 saturated carbocycles. The maximum Gasteiger partial charge on any atom is 0.441 e. The Bertz CT molecular complexity index is 116. The monoisotopic (exact) mass is 216 g/mol. The van der Waals surface area contributed by atoms with Gasteiger partial charge in [-0.2, -0.15) is 13.2 Å². The van der Waals surface area contributed by atoms with Crippen LogP contribution in [0.2, 0.25) is 0 Å². The lowest BCUT2D eigenvalue weighted by Gasteiger charge is -2.04. The minimum Gasteiger partial charge on any atom is -0.382 e. The number of alkyl halides is 3. The first-order valence-electron chi connectivity index (χ1n) is 4.34. The maximum atomic E-state index is 11.6. The fourth-order valence-corrected chi connectivity index (χ4v) is 1.40. The van der Waals surface area contributed by atoms with Crippen LogP contribution in [0, 0.1) is 0 Å². The SMILES string of the molecule is CCOCCCCCSC(F)(F)F. The standard InChI is InChI=1S/C8H15F3OS/c1-2-12-6-4-3-5-7-13-8(9,10)11/h2-7H2,1H3. The molecule has 0 bridgehead atoms. The van der Waals surface area contributed by atoms with Gasteiger partial charge in [-0.05, 0) is 19.8 Å². The summed E-state index contributed by atoms with van der Waals surface area (Å²) in [5.41, 5.74) is -4.07. The van der Waals surface area contributed by atoms with E-state index in [2.05, 4.69) is 0 Å². The molecule has 0 radical (unpaired) electrons. The van der Waals surface area contributed by atoms with Crippen LogP contribution in [0.15, 0.2) is 0 Å². The summed E-state index contributed by atoms with van der Waals surface area (Å²) in [6, 6.07) is 0. The molecule has 0 heterocycles. The Morgan fingerprint density at radius 2 is 1.85 bits per heavy atom. The molecule has 0 aliphatic rings. The quantitative estimate of drug-likeness (QED) is 0.603. The first-order chi connectivity index (χ1) is 6.06. The Labute approximate surface area is 81.0 Å². The van der Waals surface area contributed by atoms with Gasteiger partial charge in [0.1, 0.15) is 0 Å². The van der Waals surface area contributed by atoms with Crippen LogP contribution in [0.1, 0.15) is 26.2 Å². The Kier molecular flexibility index (Phi) is 7.56. The molecule has 0 aromatic heterocycles. The summed E-state index contributed by atoms with van der Waals surface area (Å²) in [5, 5.41) is 0. The highest BCUT2D eigenvalue weighted by molar-refractivity contribution is 8.00. The predicted octanol–water partition coefficient (Wildman–Crippen LogP) is 3.45. The van der Waals surface area contributed by atoms with E-state index in [1.54, 1.807) is 0 Å². The number of hydrogen-bond donors (Lipinski definition) is 0. The van der Waals surface area contributed by atoms with Gasteiger partial charge in [0.05, 0.1) is 0 Å². The van der Waals surface area contributed by atoms with Crippen molar-refractivity contribution in [2.24, 2.45) is 0 Å². The van der Waals surface area contributed by atoms with E-state index < -0.39 is 5.51 Å². The van der Waals surface area contributed by atoms with Crippen LogP contribution in [0.5, 0.6) is 0 Å². The van der Waals surface area contributed by atoms with Gasteiger partial charge in [-0.3, -0.25) is 0 Å². The second-order valence-corrected chi connectivity index (χ2v) is 3.71. The Hall–Kier alpha value is 0.100. The topological polar surface area (TPSA) is 9.23 Å². The van der Waals surface area contributed by atoms with Crippen molar-refractivity contribution in [2.45, 2.75) is 31.7 Å². The summed E-state index contributed by atoms with van der Waals surface area (Å²) in [6.45, 7) is 3.24. The highest BCUT2D eigenvalue weighted by atomic mass is 32.2. The minimum absolute atomic E-state index is 0.0565. The van der Waals surface area contributed by atoms with Crippen LogP contribution in [0.3, 0.4) is 0 Å². The Balaban J connectivity index is 3.00. The van der Waals surface area contributed by atoms with Crippen LogP contribution in [-0.2, 0) is 4.74 Å². The lowest BCUT2D eigenvalue weighted by atomic mass is 10.3. The van der Waals surface area contributed by atoms with Gasteiger partial charge in [0, 0.05) is 19.0 Å². The van der Waals surface area contributed by atoms with Gasteiger partial charge < -0.3 is 4.74 Å². The van der Waals surface area contributed by atoms with Crippen molar-refractivity contribution in [1.29, 1.82) is 0 Å². The fraction of sp³-hybridized carbons (Fsp3) is 1.00. The fourth-order valence-electron chi connectivity index (χ4n) is 0.815. The third-order valence-electron chi connectivity index (χ3n) is 1.40. The smallest absolute Gasteiger partial charge is 0.382 e. The molecule has 0 aromatic rings. The van der Waals surface area contributed by atoms with E-state index in [1.165, 1.54) is 0 Å². The zero-order valence-electron chi connectivity index (χ0n) is 7.69. The van der Waals surface area contributed by atoms with Gasteiger partial charge in [0.15, 0.2) is 0 Å². The van der Waals surface area contributed by atoms with Gasteiger partial charge >= 0.3 is 5.51 Å². The highest BCUT2D eigenvalue weighted by Crippen LogP contribution is 2.30. The molecule has 0 atom stereocenters. The van der Waals surface area contributed by atoms with E-state index in [9.17, 15) is 13.2 Å². The van der Waals surface area contributed by atoms with Crippen molar-refractivity contribution >= 4 is 11.8 Å². The van der Waals surface area contributed by atoms with E-state index in [1.807, 2.05) is 6.92 Å². The molecule has 0 aliphatic carbocycles. The van der Waals surface area contributed by atoms with Gasteiger partial charge in [-0.1, -0.05) is 18.2 Å². The normalized spacial score (nSPS) is 12.0. The Morgan fingerprint density at radius 3 is 2.38 bits per heavy atom. The zero-order valence-corrected chi connectivity index (χ0v) is 8.51. The molecule has 0 unspecified atom stereocenters. The summed E-state index contributed by atoms with van der Waals surface area (Å²) in [7, 11) is 0. The minimum atomic E-state index is -4.07. The van der Waals surface area contributed by atoms with E-state index in [0.717, 1.165) is 12.8 Å². The largest absolute Gasteiger partial charge is 0.441 e. The molecular formula is C8H15F3OS. The summed E-state index contributed by atoms with van der Waals surface area (Å²) in [5.74, 6) is 0.162. The molecule has 0 aliphatic heterocycles. The van der Waals surface area contributed by atoms with Crippen molar-refractivity contribution in [3.8, 4) is 0 Å². The van der Waals surface area contributed by atoms with E-state index >= 15 is 0 Å². The third-order valence-corrected chi connectivity index (χ3v) is 2.22. The number of rotatable bonds is 7. The van der Waals surface area contributed by atoms with Crippen molar-refractivity contribution in [1.82, 2.24) is 0 Å². The first kappa shape index (κ1) is 13.1. The van der Waals surface area contributed by atoms with E-state index in [-0.39, 0.29) is 17.5 Å². The zero-order chi connectivity index (χ0) is 10.2. The summed E-state index contributed by atoms with van der Waals surface area (Å²) in [4.78, 5) is 0. The van der Waals surface area contributed by atoms with Gasteiger partial charge in [-0.25, -0.2) is 0 Å². The number of halogens is 3. The van der Waals surface area contributed by atoms with Crippen LogP contribution < -0.4 is 0 Å². The molecule has 0 fully saturated rings. The predicted molar refractivity (Wildman–Crippen MR) is 48.9 cm³/mol. The molecule has 1 nitrogen and oxygen atoms in total. The molecule has 0 aromatic carbocycles. The molecule has 0 N–H and O–H groups in total. The highest BCUT2D eigenvalue weighted by Gasteiger charge is 2.27. The number of ether oxygens (including phenoxy) is 1. The second kappa shape index (κ2) is 7.50. The second-order valence-electron chi connectivity index (χ2n) is 2.55. The third kappa shape index (κ3) is 12.1. The van der Waals surface area contributed by atoms with Gasteiger partial charge in [0.25, 0.3) is 0 Å². The molecule has 0 rings (SSSR count). The van der Waals surface area contributed by atoms with Gasteiger partial charge in [0.2, 0.25) is 0 Å². The maximum absolute atomic E-state index is 11.6. The number of thioether (sulfide) groups is 1. The summed E-state index contributed by atoms with van der Waals surface area (Å²) < 4.78 is 39.9. The molecule has 80 valence electrons. The van der Waals surface area contributed by atoms with Crippen LogP contribution in [-0.4, -0.2) is 24.5 Å². The van der Waals surface area contributed by atoms with Crippen LogP contribution >= 0.6 is 11.8 Å². The van der Waals surface area contributed by atoms with Crippen molar-refractivity contribution in [2.75, 3.05) is 19.0 Å². The van der Waals surface area contributed by atoms with Crippen molar-refractivity contribution in [3.63, 3.8) is 0 Å². The lowest BCUT2D eigenvalue weighted by Crippen LogP contribution is -2.01. The summed E-state index contributed by atoms with van der Waals surface area (Å²) >= 11 is 0.0565. The van der Waals surface area contributed by atoms with Crippen molar-refractivity contribution < 1.29 is 17.9 Å². The first-order valence-corrected chi connectivity index (χ1v) is 5.33. The number of hydrogen-bond acceptors (Lipinski definition) is 2.